The summed E-state index contributed by atoms with van der Waals surface area (Å²) in [6.07, 6.45) is 5.18. The summed E-state index contributed by atoms with van der Waals surface area (Å²) >= 11 is 0. The van der Waals surface area contributed by atoms with Crippen LogP contribution in [0.1, 0.15) is 65.5 Å². The fourth-order valence-corrected chi connectivity index (χ4v) is 6.28. The second-order valence-corrected chi connectivity index (χ2v) is 10.3. The van der Waals surface area contributed by atoms with E-state index in [9.17, 15) is 14.4 Å². The van der Waals surface area contributed by atoms with Crippen LogP contribution in [0.25, 0.3) is 0 Å². The van der Waals surface area contributed by atoms with Crippen LogP contribution >= 0.6 is 0 Å². The molecule has 5 rings (SSSR count). The Labute approximate surface area is 224 Å². The Morgan fingerprint density at radius 2 is 1.29 bits per heavy atom. The number of nitrogens with one attached hydrogen (secondary N) is 2. The van der Waals surface area contributed by atoms with E-state index in [1.54, 1.807) is 11.9 Å². The van der Waals surface area contributed by atoms with Gasteiger partial charge >= 0.3 is 6.03 Å². The van der Waals surface area contributed by atoms with Crippen molar-refractivity contribution in [3.63, 3.8) is 0 Å². The number of rotatable bonds is 6. The summed E-state index contributed by atoms with van der Waals surface area (Å²) in [7, 11) is 1.59. The van der Waals surface area contributed by atoms with Crippen molar-refractivity contribution in [3.8, 4) is 0 Å². The van der Waals surface area contributed by atoms with E-state index in [-0.39, 0.29) is 23.8 Å². The Morgan fingerprint density at radius 3 is 1.87 bits per heavy atom. The van der Waals surface area contributed by atoms with Crippen molar-refractivity contribution in [2.75, 3.05) is 7.05 Å². The minimum absolute atomic E-state index is 0.0667. The van der Waals surface area contributed by atoms with Crippen molar-refractivity contribution in [1.82, 2.24) is 15.5 Å². The molecule has 0 radical (unpaired) electrons. The quantitative estimate of drug-likeness (QED) is 0.432. The summed E-state index contributed by atoms with van der Waals surface area (Å²) < 4.78 is 0. The largest absolute Gasteiger partial charge is 0.357 e. The zero-order valence-corrected chi connectivity index (χ0v) is 21.8. The van der Waals surface area contributed by atoms with E-state index in [1.807, 2.05) is 91.0 Å². The first-order valence-corrected chi connectivity index (χ1v) is 13.6. The highest BCUT2D eigenvalue weighted by Crippen LogP contribution is 2.51. The number of nitrogens with zero attached hydrogens (tertiary/aromatic N) is 1. The molecule has 1 aliphatic heterocycles. The minimum atomic E-state index is -0.853. The number of carbonyl (C=O) groups excluding carboxylic acids is 3. The predicted octanol–water partition coefficient (Wildman–Crippen LogP) is 5.48. The van der Waals surface area contributed by atoms with E-state index in [0.717, 1.165) is 36.8 Å². The van der Waals surface area contributed by atoms with Gasteiger partial charge in [0.05, 0.1) is 12.0 Å². The predicted molar refractivity (Wildman–Crippen MR) is 148 cm³/mol. The number of hydrogen-bond donors (Lipinski definition) is 2. The second kappa shape index (κ2) is 11.6. The Bertz CT molecular complexity index is 1240. The number of likely N-dealkylation sites (tertiary alicyclic amines) is 1. The number of urea groups is 1. The van der Waals surface area contributed by atoms with Gasteiger partial charge in [-0.25, -0.2) is 4.79 Å². The molecule has 6 heteroatoms. The third-order valence-electron chi connectivity index (χ3n) is 8.04. The Kier molecular flexibility index (Phi) is 7.87. The summed E-state index contributed by atoms with van der Waals surface area (Å²) in [4.78, 5) is 43.8. The summed E-state index contributed by atoms with van der Waals surface area (Å²) in [5.41, 5.74) is 2.28. The van der Waals surface area contributed by atoms with Crippen molar-refractivity contribution < 1.29 is 14.4 Å². The van der Waals surface area contributed by atoms with E-state index in [4.69, 9.17) is 0 Å². The second-order valence-electron chi connectivity index (χ2n) is 10.3. The summed E-state index contributed by atoms with van der Waals surface area (Å²) in [6.45, 7) is 0. The van der Waals surface area contributed by atoms with Crippen molar-refractivity contribution in [1.29, 1.82) is 0 Å². The zero-order valence-electron chi connectivity index (χ0n) is 21.8. The molecular formula is C32H35N3O3. The van der Waals surface area contributed by atoms with Gasteiger partial charge in [-0.15, -0.1) is 0 Å². The van der Waals surface area contributed by atoms with Gasteiger partial charge < -0.3 is 15.5 Å². The van der Waals surface area contributed by atoms with Gasteiger partial charge in [0.15, 0.2) is 5.78 Å². The average Bonchev–Trinajstić information content (AvgIpc) is 3.34. The van der Waals surface area contributed by atoms with Gasteiger partial charge in [0, 0.05) is 24.6 Å². The number of Topliss-reactive ketones (excluding diaryl/α,β-unsaturated/α-hetero) is 1. The number of carbonyl (C=O) groups is 3. The van der Waals surface area contributed by atoms with E-state index >= 15 is 0 Å². The average molecular weight is 510 g/mol. The maximum absolute atomic E-state index is 14.3. The lowest BCUT2D eigenvalue weighted by atomic mass is 9.76. The number of hydrogen-bond acceptors (Lipinski definition) is 3. The van der Waals surface area contributed by atoms with Crippen LogP contribution in [0.4, 0.5) is 4.79 Å². The fraction of sp³-hybridized carbons (Fsp3) is 0.344. The normalized spacial score (nSPS) is 23.6. The lowest BCUT2D eigenvalue weighted by Crippen LogP contribution is -2.53. The molecule has 0 aromatic heterocycles. The van der Waals surface area contributed by atoms with Gasteiger partial charge in [-0.3, -0.25) is 9.59 Å². The van der Waals surface area contributed by atoms with Crippen LogP contribution in [-0.2, 0) is 4.79 Å². The lowest BCUT2D eigenvalue weighted by Gasteiger charge is -2.34. The fourth-order valence-electron chi connectivity index (χ4n) is 6.28. The molecule has 3 aromatic rings. The molecule has 38 heavy (non-hydrogen) atoms. The number of ketones is 1. The lowest BCUT2D eigenvalue weighted by molar-refractivity contribution is -0.125. The van der Waals surface area contributed by atoms with Crippen molar-refractivity contribution >= 4 is 17.7 Å². The molecule has 3 amide bonds. The molecule has 1 saturated carbocycles. The minimum Gasteiger partial charge on any atom is -0.357 e. The Hall–Kier alpha value is -3.93. The van der Waals surface area contributed by atoms with Crippen LogP contribution in [0.15, 0.2) is 91.0 Å². The highest BCUT2D eigenvalue weighted by atomic mass is 16.2. The van der Waals surface area contributed by atoms with Gasteiger partial charge in [-0.05, 0) is 24.0 Å². The van der Waals surface area contributed by atoms with Gasteiger partial charge in [0.25, 0.3) is 0 Å². The summed E-state index contributed by atoms with van der Waals surface area (Å²) in [6, 6.07) is 26.8. The zero-order chi connectivity index (χ0) is 26.5. The first kappa shape index (κ1) is 25.7. The molecule has 1 heterocycles. The third kappa shape index (κ3) is 5.08. The molecule has 2 fully saturated rings. The first-order chi connectivity index (χ1) is 18.6. The van der Waals surface area contributed by atoms with E-state index in [1.165, 1.54) is 6.42 Å². The standard InChI is InChI=1S/C32H35N3O3/c1-33-31(37)29-26(22-14-6-2-7-15-22)27(30(36)24-18-10-4-11-19-24)28(23-16-8-3-9-17-23)35(29)32(38)34-25-20-12-5-13-21-25/h2-4,6-11,14-19,25-29H,5,12-13,20-21H2,1H3,(H,33,37)(H,34,38). The third-order valence-corrected chi connectivity index (χ3v) is 8.04. The highest BCUT2D eigenvalue weighted by molar-refractivity contribution is 6.01. The Morgan fingerprint density at radius 1 is 0.737 bits per heavy atom. The SMILES string of the molecule is CNC(=O)C1C(c2ccccc2)C(C(=O)c2ccccc2)C(c2ccccc2)N1C(=O)NC1CCCCC1. The highest BCUT2D eigenvalue weighted by Gasteiger charge is 2.57. The smallest absolute Gasteiger partial charge is 0.318 e. The molecule has 4 unspecified atom stereocenters. The number of benzene rings is 3. The summed E-state index contributed by atoms with van der Waals surface area (Å²) in [5.74, 6) is -1.52. The van der Waals surface area contributed by atoms with Crippen LogP contribution in [-0.4, -0.2) is 41.8 Å². The maximum Gasteiger partial charge on any atom is 0.318 e. The molecule has 196 valence electrons. The van der Waals surface area contributed by atoms with Crippen molar-refractivity contribution in [2.24, 2.45) is 5.92 Å². The van der Waals surface area contributed by atoms with E-state index < -0.39 is 23.9 Å². The van der Waals surface area contributed by atoms with Crippen molar-refractivity contribution in [2.45, 2.75) is 56.1 Å². The Balaban J connectivity index is 1.68. The first-order valence-electron chi connectivity index (χ1n) is 13.6. The van der Waals surface area contributed by atoms with Crippen LogP contribution in [0.2, 0.25) is 0 Å². The van der Waals surface area contributed by atoms with Crippen molar-refractivity contribution in [3.05, 3.63) is 108 Å². The van der Waals surface area contributed by atoms with Gasteiger partial charge in [0.1, 0.15) is 6.04 Å². The molecule has 2 aliphatic rings. The molecule has 4 atom stereocenters. The van der Waals surface area contributed by atoms with Crippen LogP contribution in [0.5, 0.6) is 0 Å². The molecule has 3 aromatic carbocycles. The molecule has 1 aliphatic carbocycles. The topological polar surface area (TPSA) is 78.5 Å². The van der Waals surface area contributed by atoms with Gasteiger partial charge in [-0.2, -0.15) is 0 Å². The maximum atomic E-state index is 14.3. The monoisotopic (exact) mass is 509 g/mol. The number of likely N-dealkylation sites (N-methyl/N-ethyl adjacent to an activating group) is 1. The molecule has 2 N–H and O–H groups in total. The van der Waals surface area contributed by atoms with Crippen LogP contribution < -0.4 is 10.6 Å². The van der Waals surface area contributed by atoms with Gasteiger partial charge in [-0.1, -0.05) is 110 Å². The summed E-state index contributed by atoms with van der Waals surface area (Å²) in [5, 5.41) is 6.03. The molecule has 6 nitrogen and oxygen atoms in total. The van der Waals surface area contributed by atoms with Crippen LogP contribution in [0, 0.1) is 5.92 Å². The molecular weight excluding hydrogens is 474 g/mol. The molecule has 0 spiro atoms. The molecule has 1 saturated heterocycles. The van der Waals surface area contributed by atoms with Gasteiger partial charge in [0.2, 0.25) is 5.91 Å². The van der Waals surface area contributed by atoms with E-state index in [2.05, 4.69) is 10.6 Å². The molecule has 0 bridgehead atoms. The van der Waals surface area contributed by atoms with Crippen LogP contribution in [0.3, 0.4) is 0 Å². The van der Waals surface area contributed by atoms with E-state index in [0.29, 0.717) is 5.56 Å². The number of amides is 3.